The zero-order valence-electron chi connectivity index (χ0n) is 17.5. The van der Waals surface area contributed by atoms with Crippen molar-refractivity contribution in [2.75, 3.05) is 53.6 Å². The van der Waals surface area contributed by atoms with E-state index in [4.69, 9.17) is 14.2 Å². The molecule has 3 rings (SSSR count). The maximum Gasteiger partial charge on any atom is 0.254 e. The molecule has 0 spiro atoms. The Kier molecular flexibility index (Phi) is 7.49. The van der Waals surface area contributed by atoms with Gasteiger partial charge < -0.3 is 19.1 Å². The number of amides is 1. The molecule has 2 aromatic carbocycles. The molecule has 6 heteroatoms. The second kappa shape index (κ2) is 10.3. The molecule has 1 fully saturated rings. The summed E-state index contributed by atoms with van der Waals surface area (Å²) in [6.45, 7) is 7.33. The van der Waals surface area contributed by atoms with Gasteiger partial charge in [-0.15, -0.1) is 0 Å². The summed E-state index contributed by atoms with van der Waals surface area (Å²) in [6.07, 6.45) is 0. The lowest BCUT2D eigenvalue weighted by molar-refractivity contribution is 0.0320. The second-order valence-electron chi connectivity index (χ2n) is 7.24. The fourth-order valence-electron chi connectivity index (χ4n) is 3.42. The highest BCUT2D eigenvalue weighted by molar-refractivity contribution is 5.94. The van der Waals surface area contributed by atoms with Crippen molar-refractivity contribution in [2.45, 2.75) is 13.5 Å². The molecule has 29 heavy (non-hydrogen) atoms. The number of rotatable bonds is 8. The number of methoxy groups -OCH3 is 2. The van der Waals surface area contributed by atoms with Gasteiger partial charge in [-0.3, -0.25) is 9.69 Å². The van der Waals surface area contributed by atoms with Crippen LogP contribution in [0.25, 0.3) is 0 Å². The SMILES string of the molecule is COc1ccc(CN(CCN2CCOCC2)C(=O)c2ccc(C)cc2)cc1OC. The maximum absolute atomic E-state index is 13.2. The lowest BCUT2D eigenvalue weighted by Gasteiger charge is -2.30. The van der Waals surface area contributed by atoms with Crippen LogP contribution in [0.5, 0.6) is 11.5 Å². The van der Waals surface area contributed by atoms with Crippen molar-refractivity contribution < 1.29 is 19.0 Å². The molecule has 1 aliphatic heterocycles. The van der Waals surface area contributed by atoms with E-state index in [1.54, 1.807) is 14.2 Å². The van der Waals surface area contributed by atoms with E-state index >= 15 is 0 Å². The minimum Gasteiger partial charge on any atom is -0.493 e. The van der Waals surface area contributed by atoms with Gasteiger partial charge in [-0.25, -0.2) is 0 Å². The molecule has 1 aliphatic rings. The predicted octanol–water partition coefficient (Wildman–Crippen LogP) is 2.99. The average Bonchev–Trinajstić information content (AvgIpc) is 2.77. The van der Waals surface area contributed by atoms with E-state index in [1.165, 1.54) is 0 Å². The summed E-state index contributed by atoms with van der Waals surface area (Å²) in [7, 11) is 3.24. The molecule has 1 saturated heterocycles. The fraction of sp³-hybridized carbons (Fsp3) is 0.435. The Morgan fingerprint density at radius 2 is 1.72 bits per heavy atom. The molecular formula is C23H30N2O4. The van der Waals surface area contributed by atoms with Gasteiger partial charge in [-0.1, -0.05) is 23.8 Å². The topological polar surface area (TPSA) is 51.2 Å². The lowest BCUT2D eigenvalue weighted by Crippen LogP contribution is -2.42. The third-order valence-corrected chi connectivity index (χ3v) is 5.20. The number of aryl methyl sites for hydroxylation is 1. The Hall–Kier alpha value is -2.57. The van der Waals surface area contributed by atoms with E-state index in [9.17, 15) is 4.79 Å². The standard InChI is InChI=1S/C23H30N2O4/c1-18-4-7-20(8-5-18)23(26)25(11-10-24-12-14-29-15-13-24)17-19-6-9-21(27-2)22(16-19)28-3/h4-9,16H,10-15,17H2,1-3H3. The average molecular weight is 399 g/mol. The maximum atomic E-state index is 13.2. The van der Waals surface area contributed by atoms with Crippen LogP contribution in [0.4, 0.5) is 0 Å². The highest BCUT2D eigenvalue weighted by atomic mass is 16.5. The van der Waals surface area contributed by atoms with Crippen LogP contribution >= 0.6 is 0 Å². The molecule has 0 aliphatic carbocycles. The minimum atomic E-state index is 0.0352. The molecule has 2 aromatic rings. The summed E-state index contributed by atoms with van der Waals surface area (Å²) >= 11 is 0. The Morgan fingerprint density at radius 3 is 2.38 bits per heavy atom. The second-order valence-corrected chi connectivity index (χ2v) is 7.24. The molecule has 156 valence electrons. The van der Waals surface area contributed by atoms with E-state index in [-0.39, 0.29) is 5.91 Å². The predicted molar refractivity (Wildman–Crippen MR) is 113 cm³/mol. The molecule has 0 unspecified atom stereocenters. The fourth-order valence-corrected chi connectivity index (χ4v) is 3.42. The Bertz CT molecular complexity index is 801. The van der Waals surface area contributed by atoms with Gasteiger partial charge in [-0.2, -0.15) is 0 Å². The highest BCUT2D eigenvalue weighted by Gasteiger charge is 2.19. The van der Waals surface area contributed by atoms with Gasteiger partial charge in [0.05, 0.1) is 27.4 Å². The first-order chi connectivity index (χ1) is 14.1. The van der Waals surface area contributed by atoms with E-state index in [0.717, 1.165) is 44.0 Å². The molecule has 6 nitrogen and oxygen atoms in total. The van der Waals surface area contributed by atoms with Gasteiger partial charge in [0.15, 0.2) is 11.5 Å². The minimum absolute atomic E-state index is 0.0352. The highest BCUT2D eigenvalue weighted by Crippen LogP contribution is 2.28. The molecule has 1 heterocycles. The Morgan fingerprint density at radius 1 is 1.03 bits per heavy atom. The number of carbonyl (C=O) groups is 1. The van der Waals surface area contributed by atoms with Crippen molar-refractivity contribution in [2.24, 2.45) is 0 Å². The van der Waals surface area contributed by atoms with Gasteiger partial charge >= 0.3 is 0 Å². The monoisotopic (exact) mass is 398 g/mol. The number of ether oxygens (including phenoxy) is 3. The van der Waals surface area contributed by atoms with Crippen molar-refractivity contribution in [1.29, 1.82) is 0 Å². The van der Waals surface area contributed by atoms with Crippen LogP contribution in [-0.2, 0) is 11.3 Å². The molecule has 0 atom stereocenters. The van der Waals surface area contributed by atoms with Crippen LogP contribution < -0.4 is 9.47 Å². The molecule has 1 amide bonds. The summed E-state index contributed by atoms with van der Waals surface area (Å²) in [5.74, 6) is 1.38. The van der Waals surface area contributed by atoms with Crippen LogP contribution in [-0.4, -0.2) is 69.3 Å². The number of nitrogens with zero attached hydrogens (tertiary/aromatic N) is 2. The first-order valence-corrected chi connectivity index (χ1v) is 9.97. The summed E-state index contributed by atoms with van der Waals surface area (Å²) in [4.78, 5) is 17.5. The number of hydrogen-bond acceptors (Lipinski definition) is 5. The van der Waals surface area contributed by atoms with Crippen LogP contribution in [0.3, 0.4) is 0 Å². The largest absolute Gasteiger partial charge is 0.493 e. The van der Waals surface area contributed by atoms with E-state index < -0.39 is 0 Å². The Balaban J connectivity index is 1.77. The third kappa shape index (κ3) is 5.71. The molecule has 0 N–H and O–H groups in total. The smallest absolute Gasteiger partial charge is 0.254 e. The first kappa shape index (κ1) is 21.1. The molecule has 0 radical (unpaired) electrons. The van der Waals surface area contributed by atoms with Gasteiger partial charge in [0.25, 0.3) is 5.91 Å². The van der Waals surface area contributed by atoms with Crippen molar-refractivity contribution in [3.63, 3.8) is 0 Å². The van der Waals surface area contributed by atoms with Gasteiger partial charge in [-0.05, 0) is 36.8 Å². The number of benzene rings is 2. The van der Waals surface area contributed by atoms with Gasteiger partial charge in [0.2, 0.25) is 0 Å². The normalized spacial score (nSPS) is 14.4. The van der Waals surface area contributed by atoms with Gasteiger partial charge in [0, 0.05) is 38.3 Å². The van der Waals surface area contributed by atoms with Crippen molar-refractivity contribution in [3.05, 3.63) is 59.2 Å². The van der Waals surface area contributed by atoms with Crippen LogP contribution in [0.15, 0.2) is 42.5 Å². The summed E-state index contributed by atoms with van der Waals surface area (Å²) < 4.78 is 16.2. The van der Waals surface area contributed by atoms with Crippen molar-refractivity contribution >= 4 is 5.91 Å². The van der Waals surface area contributed by atoms with Crippen LogP contribution in [0.1, 0.15) is 21.5 Å². The number of carbonyl (C=O) groups excluding carboxylic acids is 1. The molecule has 0 saturated carbocycles. The van der Waals surface area contributed by atoms with E-state index in [1.807, 2.05) is 54.3 Å². The quantitative estimate of drug-likeness (QED) is 0.684. The van der Waals surface area contributed by atoms with Gasteiger partial charge in [0.1, 0.15) is 0 Å². The first-order valence-electron chi connectivity index (χ1n) is 9.97. The summed E-state index contributed by atoms with van der Waals surface area (Å²) in [6, 6.07) is 13.5. The Labute approximate surface area is 173 Å². The van der Waals surface area contributed by atoms with Crippen molar-refractivity contribution in [1.82, 2.24) is 9.80 Å². The van der Waals surface area contributed by atoms with Crippen LogP contribution in [0.2, 0.25) is 0 Å². The number of morpholine rings is 1. The van der Waals surface area contributed by atoms with E-state index in [0.29, 0.717) is 30.2 Å². The number of hydrogen-bond donors (Lipinski definition) is 0. The molecule has 0 aromatic heterocycles. The van der Waals surface area contributed by atoms with Crippen molar-refractivity contribution in [3.8, 4) is 11.5 Å². The third-order valence-electron chi connectivity index (χ3n) is 5.20. The lowest BCUT2D eigenvalue weighted by atomic mass is 10.1. The zero-order chi connectivity index (χ0) is 20.6. The zero-order valence-corrected chi connectivity index (χ0v) is 17.5. The van der Waals surface area contributed by atoms with E-state index in [2.05, 4.69) is 4.90 Å². The van der Waals surface area contributed by atoms with Crippen LogP contribution in [0, 0.1) is 6.92 Å². The molecule has 0 bridgehead atoms. The summed E-state index contributed by atoms with van der Waals surface area (Å²) in [5.41, 5.74) is 2.85. The molecular weight excluding hydrogens is 368 g/mol. The summed E-state index contributed by atoms with van der Waals surface area (Å²) in [5, 5.41) is 0.